The van der Waals surface area contributed by atoms with Crippen LogP contribution in [0.5, 0.6) is 0 Å². The first-order valence-corrected chi connectivity index (χ1v) is 29.1. The first-order chi connectivity index (χ1) is 35.1. The summed E-state index contributed by atoms with van der Waals surface area (Å²) in [6, 6.07) is 33.0. The average molecular weight is 968 g/mol. The lowest BCUT2D eigenvalue weighted by Gasteiger charge is -2.39. The molecule has 7 nitrogen and oxygen atoms in total. The molecule has 0 amide bonds. The van der Waals surface area contributed by atoms with Gasteiger partial charge in [-0.2, -0.15) is 0 Å². The van der Waals surface area contributed by atoms with Crippen LogP contribution in [0.4, 0.5) is 17.2 Å². The van der Waals surface area contributed by atoms with Crippen molar-refractivity contribution >= 4 is 56.4 Å². The highest BCUT2D eigenvalue weighted by atomic mass is 15.2. The van der Waals surface area contributed by atoms with Gasteiger partial charge in [-0.3, -0.25) is 0 Å². The van der Waals surface area contributed by atoms with E-state index in [0.29, 0.717) is 23.8 Å². The van der Waals surface area contributed by atoms with Crippen molar-refractivity contribution in [2.24, 2.45) is 50.5 Å². The molecule has 1 aromatic heterocycles. The average Bonchev–Trinajstić information content (AvgIpc) is 3.70. The second-order valence-corrected chi connectivity index (χ2v) is 23.5. The van der Waals surface area contributed by atoms with Crippen LogP contribution >= 0.6 is 0 Å². The first kappa shape index (κ1) is 51.8. The molecule has 2 atom stereocenters. The number of benzene rings is 4. The molecule has 2 unspecified atom stereocenters. The molecule has 72 heavy (non-hydrogen) atoms. The Morgan fingerprint density at radius 3 is 1.92 bits per heavy atom. The van der Waals surface area contributed by atoms with Gasteiger partial charge in [0.25, 0.3) is 0 Å². The number of nitrogens with zero attached hydrogens (tertiary/aromatic N) is 7. The van der Waals surface area contributed by atoms with Crippen molar-refractivity contribution in [1.82, 2.24) is 19.7 Å². The number of para-hydroxylation sites is 1. The fourth-order valence-electron chi connectivity index (χ4n) is 13.3. The third kappa shape index (κ3) is 13.2. The molecular formula is C65H89N7. The van der Waals surface area contributed by atoms with Crippen LogP contribution in [0.3, 0.4) is 0 Å². The van der Waals surface area contributed by atoms with Crippen LogP contribution in [0.25, 0.3) is 21.7 Å². The summed E-state index contributed by atoms with van der Waals surface area (Å²) in [5, 5.41) is 3.75. The van der Waals surface area contributed by atoms with E-state index in [4.69, 9.17) is 20.0 Å². The maximum atomic E-state index is 5.26. The van der Waals surface area contributed by atoms with E-state index in [1.54, 1.807) is 11.1 Å². The molecule has 5 heterocycles. The molecule has 12 rings (SSSR count). The van der Waals surface area contributed by atoms with E-state index in [0.717, 1.165) is 67.3 Å². The zero-order valence-electron chi connectivity index (χ0n) is 45.6. The van der Waals surface area contributed by atoms with E-state index in [9.17, 15) is 0 Å². The van der Waals surface area contributed by atoms with Gasteiger partial charge in [-0.05, 0) is 184 Å². The molecule has 6 fully saturated rings. The molecule has 0 N–H and O–H groups in total. The molecular weight excluding hydrogens is 879 g/mol. The van der Waals surface area contributed by atoms with Crippen molar-refractivity contribution < 1.29 is 0 Å². The molecule has 7 heteroatoms. The van der Waals surface area contributed by atoms with Gasteiger partial charge in [0.05, 0.1) is 16.9 Å². The fraction of sp³-hybridized carbons (Fsp3) is 0.569. The Bertz CT molecular complexity index is 2640. The van der Waals surface area contributed by atoms with Crippen LogP contribution in [0.1, 0.15) is 161 Å². The number of rotatable bonds is 11. The largest absolute Gasteiger partial charge is 0.360 e. The molecule has 4 aliphatic heterocycles. The molecule has 0 radical (unpaired) electrons. The summed E-state index contributed by atoms with van der Waals surface area (Å²) in [6.07, 6.45) is 23.4. The quantitative estimate of drug-likeness (QED) is 0.132. The minimum absolute atomic E-state index is 0.638. The highest BCUT2D eigenvalue weighted by Crippen LogP contribution is 2.49. The minimum Gasteiger partial charge on any atom is -0.360 e. The lowest BCUT2D eigenvalue weighted by Crippen LogP contribution is -2.43. The Morgan fingerprint density at radius 2 is 1.19 bits per heavy atom. The Kier molecular flexibility index (Phi) is 17.9. The van der Waals surface area contributed by atoms with Crippen LogP contribution in [-0.4, -0.2) is 76.0 Å². The van der Waals surface area contributed by atoms with Gasteiger partial charge in [0, 0.05) is 62.9 Å². The summed E-state index contributed by atoms with van der Waals surface area (Å²) in [4.78, 5) is 28.0. The summed E-state index contributed by atoms with van der Waals surface area (Å²) in [5.41, 5.74) is 7.94. The van der Waals surface area contributed by atoms with Crippen LogP contribution in [-0.2, 0) is 12.8 Å². The zero-order valence-corrected chi connectivity index (χ0v) is 45.6. The number of likely N-dealkylation sites (tertiary alicyclic amines) is 2. The molecule has 384 valence electrons. The third-order valence-corrected chi connectivity index (χ3v) is 17.0. The SMILES string of the molecule is CC(C)CN1CCCCC1=Nc1ccc2ccccc2c1.CCC(CC)CN1C(=Nc2ccc3ccccc3n2)C2CC3CC(C2)CC1C3.Cc1c(N=C2CCCCCN2CC(C)C)ccc2c1CCCC2. The van der Waals surface area contributed by atoms with Gasteiger partial charge in [-0.1, -0.05) is 115 Å². The van der Waals surface area contributed by atoms with Crippen LogP contribution < -0.4 is 0 Å². The summed E-state index contributed by atoms with van der Waals surface area (Å²) >= 11 is 0. The van der Waals surface area contributed by atoms with Gasteiger partial charge in [0.15, 0.2) is 5.82 Å². The van der Waals surface area contributed by atoms with Crippen molar-refractivity contribution in [1.29, 1.82) is 0 Å². The Hall–Kier alpha value is -5.04. The Balaban J connectivity index is 0.000000135. The number of hydrogen-bond donors (Lipinski definition) is 0. The number of aryl methyl sites for hydroxylation is 1. The standard InChI is InChI=1S/C25H33N3.C21H32N2.C19H24N2/c1-3-17(4-2)16-28-22-14-18-11-19(15-22)13-21(12-18)25(28)27-24-10-9-20-7-5-6-8-23(20)26-24;1-16(2)15-23-14-8-4-5-11-21(23)22-20-13-12-18-9-6-7-10-19(18)17(20)3;1-15(2)14-21-12-6-5-9-19(21)20-18-11-10-16-7-3-4-8-17(16)13-18/h5-10,17-19,21-22H,3-4,11-16H2,1-2H3;12-13,16H,4-11,14-15H2,1-3H3;3-4,7-8,10-11,13,15H,5-6,9,12,14H2,1-2H3. The Labute approximate surface area is 435 Å². The van der Waals surface area contributed by atoms with Crippen molar-refractivity contribution in [2.45, 2.75) is 170 Å². The van der Waals surface area contributed by atoms with Gasteiger partial charge in [0.1, 0.15) is 17.5 Å². The van der Waals surface area contributed by atoms with E-state index in [2.05, 4.69) is 154 Å². The molecule has 0 spiro atoms. The smallest absolute Gasteiger partial charge is 0.154 e. The first-order valence-electron chi connectivity index (χ1n) is 29.1. The van der Waals surface area contributed by atoms with E-state index in [1.165, 1.54) is 161 Å². The van der Waals surface area contributed by atoms with Gasteiger partial charge in [-0.15, -0.1) is 0 Å². The minimum atomic E-state index is 0.638. The van der Waals surface area contributed by atoms with Crippen LogP contribution in [0, 0.1) is 42.4 Å². The van der Waals surface area contributed by atoms with E-state index in [1.807, 2.05) is 0 Å². The van der Waals surface area contributed by atoms with Gasteiger partial charge in [-0.25, -0.2) is 20.0 Å². The number of fused-ring (bicyclic) bond motifs is 4. The summed E-state index contributed by atoms with van der Waals surface area (Å²) in [6.45, 7) is 21.9. The molecule has 5 aromatic rings. The molecule has 4 saturated heterocycles. The highest BCUT2D eigenvalue weighted by molar-refractivity contribution is 5.90. The number of pyridine rings is 1. The number of aromatic nitrogens is 1. The predicted molar refractivity (Wildman–Crippen MR) is 308 cm³/mol. The van der Waals surface area contributed by atoms with Gasteiger partial charge in [0.2, 0.25) is 0 Å². The molecule has 4 aromatic carbocycles. The van der Waals surface area contributed by atoms with Crippen LogP contribution in [0.15, 0.2) is 106 Å². The van der Waals surface area contributed by atoms with Gasteiger partial charge < -0.3 is 14.7 Å². The summed E-state index contributed by atoms with van der Waals surface area (Å²) in [7, 11) is 0. The topological polar surface area (TPSA) is 59.7 Å². The van der Waals surface area contributed by atoms with Gasteiger partial charge >= 0.3 is 0 Å². The number of piperidine rings is 1. The number of hydrogen-bond acceptors (Lipinski definition) is 4. The summed E-state index contributed by atoms with van der Waals surface area (Å²) in [5.74, 6) is 9.49. The maximum absolute atomic E-state index is 5.26. The number of amidine groups is 3. The van der Waals surface area contributed by atoms with Crippen molar-refractivity contribution in [2.75, 3.05) is 32.7 Å². The molecule has 7 aliphatic rings. The zero-order chi connectivity index (χ0) is 50.0. The Morgan fingerprint density at radius 1 is 0.569 bits per heavy atom. The highest BCUT2D eigenvalue weighted by Gasteiger charge is 2.46. The lowest BCUT2D eigenvalue weighted by molar-refractivity contribution is 0.123. The van der Waals surface area contributed by atoms with E-state index >= 15 is 0 Å². The second kappa shape index (κ2) is 24.8. The number of aliphatic imine (C=N–C) groups is 3. The van der Waals surface area contributed by atoms with Crippen molar-refractivity contribution in [3.05, 3.63) is 108 Å². The van der Waals surface area contributed by atoms with Crippen molar-refractivity contribution in [3.8, 4) is 0 Å². The maximum Gasteiger partial charge on any atom is 0.154 e. The molecule has 3 aliphatic carbocycles. The van der Waals surface area contributed by atoms with E-state index < -0.39 is 0 Å². The molecule has 4 bridgehead atoms. The predicted octanol–water partition coefficient (Wildman–Crippen LogP) is 16.7. The third-order valence-electron chi connectivity index (χ3n) is 17.0. The summed E-state index contributed by atoms with van der Waals surface area (Å²) < 4.78 is 0. The molecule has 2 saturated carbocycles. The van der Waals surface area contributed by atoms with E-state index in [-0.39, 0.29) is 0 Å². The second-order valence-electron chi connectivity index (χ2n) is 23.5. The normalized spacial score (nSPS) is 23.7. The van der Waals surface area contributed by atoms with Crippen LogP contribution in [0.2, 0.25) is 0 Å². The lowest BCUT2D eigenvalue weighted by atomic mass is 9.68. The fourth-order valence-corrected chi connectivity index (χ4v) is 13.3. The van der Waals surface area contributed by atoms with Crippen molar-refractivity contribution in [3.63, 3.8) is 0 Å². The monoisotopic (exact) mass is 968 g/mol.